The largest absolute Gasteiger partial charge is 0.507 e. The first-order valence-electron chi connectivity index (χ1n) is 10.2. The molecule has 1 aromatic heterocycles. The molecular formula is C24H19BrClN5O3S. The molecule has 1 amide bonds. The molecule has 0 atom stereocenters. The van der Waals surface area contributed by atoms with E-state index in [1.54, 1.807) is 31.4 Å². The Balaban J connectivity index is 1.52. The summed E-state index contributed by atoms with van der Waals surface area (Å²) in [6.45, 7) is 0. The highest BCUT2D eigenvalue weighted by Gasteiger charge is 2.17. The van der Waals surface area contributed by atoms with Crippen molar-refractivity contribution in [2.75, 3.05) is 12.9 Å². The van der Waals surface area contributed by atoms with Gasteiger partial charge in [-0.25, -0.2) is 5.43 Å². The SMILES string of the molecule is COc1ccc(-c2nnc(SCC(=O)NN=Cc3cc(Br)ccc3O)n2-c2ccc(Cl)cc2)cc1. The summed E-state index contributed by atoms with van der Waals surface area (Å²) in [7, 11) is 1.61. The number of phenols is 1. The molecular weight excluding hydrogens is 554 g/mol. The number of ether oxygens (including phenoxy) is 1. The van der Waals surface area contributed by atoms with Gasteiger partial charge < -0.3 is 9.84 Å². The number of phenolic OH excluding ortho intramolecular Hbond substituents is 1. The standard InChI is InChI=1S/C24H19BrClN5O3S/c1-34-20-9-2-15(3-10-20)23-29-30-24(31(23)19-7-5-18(26)6-8-19)35-14-22(33)28-27-13-16-12-17(25)4-11-21(16)32/h2-13,32H,14H2,1H3,(H,28,33). The minimum Gasteiger partial charge on any atom is -0.507 e. The lowest BCUT2D eigenvalue weighted by atomic mass is 10.2. The molecule has 0 aliphatic carbocycles. The first kappa shape index (κ1) is 24.8. The number of hydrogen-bond acceptors (Lipinski definition) is 7. The lowest BCUT2D eigenvalue weighted by Gasteiger charge is -2.11. The van der Waals surface area contributed by atoms with E-state index in [0.29, 0.717) is 21.6 Å². The van der Waals surface area contributed by atoms with E-state index >= 15 is 0 Å². The van der Waals surface area contributed by atoms with Crippen molar-refractivity contribution in [2.45, 2.75) is 5.16 Å². The molecule has 0 saturated heterocycles. The predicted octanol–water partition coefficient (Wildman–Crippen LogP) is 5.31. The van der Waals surface area contributed by atoms with Gasteiger partial charge in [0.15, 0.2) is 11.0 Å². The summed E-state index contributed by atoms with van der Waals surface area (Å²) in [6, 6.07) is 19.7. The average molecular weight is 573 g/mol. The van der Waals surface area contributed by atoms with E-state index in [4.69, 9.17) is 16.3 Å². The van der Waals surface area contributed by atoms with Gasteiger partial charge in [0, 0.05) is 26.3 Å². The van der Waals surface area contributed by atoms with Crippen molar-refractivity contribution in [1.29, 1.82) is 0 Å². The number of nitrogens with one attached hydrogen (secondary N) is 1. The van der Waals surface area contributed by atoms with Crippen LogP contribution in [0.3, 0.4) is 0 Å². The predicted molar refractivity (Wildman–Crippen MR) is 141 cm³/mol. The monoisotopic (exact) mass is 571 g/mol. The van der Waals surface area contributed by atoms with Crippen LogP contribution < -0.4 is 10.2 Å². The molecule has 0 radical (unpaired) electrons. The van der Waals surface area contributed by atoms with E-state index in [1.807, 2.05) is 41.0 Å². The highest BCUT2D eigenvalue weighted by Crippen LogP contribution is 2.29. The molecule has 0 bridgehead atoms. The van der Waals surface area contributed by atoms with Crippen LogP contribution in [0.25, 0.3) is 17.1 Å². The normalized spacial score (nSPS) is 11.1. The Morgan fingerprint density at radius 3 is 2.63 bits per heavy atom. The Morgan fingerprint density at radius 2 is 1.91 bits per heavy atom. The number of rotatable bonds is 8. The molecule has 0 fully saturated rings. The Hall–Kier alpha value is -3.34. The second-order valence-corrected chi connectivity index (χ2v) is 9.43. The van der Waals surface area contributed by atoms with Crippen LogP contribution in [-0.2, 0) is 4.79 Å². The van der Waals surface area contributed by atoms with Crippen LogP contribution in [0, 0.1) is 0 Å². The van der Waals surface area contributed by atoms with Crippen LogP contribution >= 0.6 is 39.3 Å². The Bertz CT molecular complexity index is 1360. The fraction of sp³-hybridized carbons (Fsp3) is 0.0833. The number of methoxy groups -OCH3 is 1. The lowest BCUT2D eigenvalue weighted by molar-refractivity contribution is -0.118. The summed E-state index contributed by atoms with van der Waals surface area (Å²) in [6.07, 6.45) is 1.38. The van der Waals surface area contributed by atoms with Gasteiger partial charge in [-0.2, -0.15) is 5.10 Å². The first-order chi connectivity index (χ1) is 16.9. The minimum absolute atomic E-state index is 0.0517. The summed E-state index contributed by atoms with van der Waals surface area (Å²) >= 11 is 10.6. The van der Waals surface area contributed by atoms with Gasteiger partial charge in [-0.05, 0) is 66.7 Å². The van der Waals surface area contributed by atoms with Crippen LogP contribution in [0.1, 0.15) is 5.56 Å². The van der Waals surface area contributed by atoms with Crippen molar-refractivity contribution in [3.63, 3.8) is 0 Å². The second-order valence-electron chi connectivity index (χ2n) is 7.13. The third-order valence-corrected chi connectivity index (χ3v) is 6.46. The topological polar surface area (TPSA) is 102 Å². The fourth-order valence-electron chi connectivity index (χ4n) is 3.08. The number of hydrazone groups is 1. The molecule has 0 saturated carbocycles. The summed E-state index contributed by atoms with van der Waals surface area (Å²) < 4.78 is 7.89. The summed E-state index contributed by atoms with van der Waals surface area (Å²) in [4.78, 5) is 12.4. The Morgan fingerprint density at radius 1 is 1.17 bits per heavy atom. The van der Waals surface area contributed by atoms with E-state index in [2.05, 4.69) is 36.7 Å². The van der Waals surface area contributed by atoms with Gasteiger partial charge in [-0.3, -0.25) is 9.36 Å². The van der Waals surface area contributed by atoms with E-state index < -0.39 is 0 Å². The molecule has 0 spiro atoms. The van der Waals surface area contributed by atoms with Crippen molar-refractivity contribution in [3.8, 4) is 28.6 Å². The van der Waals surface area contributed by atoms with Gasteiger partial charge in [0.1, 0.15) is 11.5 Å². The molecule has 4 rings (SSSR count). The summed E-state index contributed by atoms with van der Waals surface area (Å²) in [5.74, 6) is 1.12. The number of halogens is 2. The molecule has 11 heteroatoms. The maximum Gasteiger partial charge on any atom is 0.250 e. The highest BCUT2D eigenvalue weighted by atomic mass is 79.9. The van der Waals surface area contributed by atoms with Crippen LogP contribution in [-0.4, -0.2) is 44.9 Å². The molecule has 0 aliphatic heterocycles. The first-order valence-corrected chi connectivity index (χ1v) is 12.4. The summed E-state index contributed by atoms with van der Waals surface area (Å²) in [5, 5.41) is 23.6. The van der Waals surface area contributed by atoms with E-state index in [0.717, 1.165) is 21.5 Å². The van der Waals surface area contributed by atoms with E-state index in [9.17, 15) is 9.90 Å². The van der Waals surface area contributed by atoms with Crippen molar-refractivity contribution in [1.82, 2.24) is 20.2 Å². The Kier molecular flexibility index (Phi) is 8.06. The maximum absolute atomic E-state index is 12.4. The van der Waals surface area contributed by atoms with Gasteiger partial charge in [0.25, 0.3) is 5.91 Å². The molecule has 1 heterocycles. The van der Waals surface area contributed by atoms with Gasteiger partial charge in [0.2, 0.25) is 0 Å². The number of thioether (sulfide) groups is 1. The molecule has 8 nitrogen and oxygen atoms in total. The van der Waals surface area contributed by atoms with Gasteiger partial charge in [-0.15, -0.1) is 10.2 Å². The minimum atomic E-state index is -0.336. The fourth-order valence-corrected chi connectivity index (χ4v) is 4.33. The van der Waals surface area contributed by atoms with Crippen LogP contribution in [0.4, 0.5) is 0 Å². The quantitative estimate of drug-likeness (QED) is 0.169. The molecule has 2 N–H and O–H groups in total. The average Bonchev–Trinajstić information content (AvgIpc) is 3.29. The zero-order valence-corrected chi connectivity index (χ0v) is 21.5. The van der Waals surface area contributed by atoms with Crippen molar-refractivity contribution in [2.24, 2.45) is 5.10 Å². The number of aromatic nitrogens is 3. The number of amides is 1. The van der Waals surface area contributed by atoms with Crippen molar-refractivity contribution in [3.05, 3.63) is 81.8 Å². The number of carbonyl (C=O) groups is 1. The zero-order chi connectivity index (χ0) is 24.8. The smallest absolute Gasteiger partial charge is 0.250 e. The number of carbonyl (C=O) groups excluding carboxylic acids is 1. The number of aromatic hydroxyl groups is 1. The second kappa shape index (κ2) is 11.4. The molecule has 178 valence electrons. The van der Waals surface area contributed by atoms with Gasteiger partial charge in [-0.1, -0.05) is 39.3 Å². The van der Waals surface area contributed by atoms with Crippen LogP contribution in [0.15, 0.2) is 81.5 Å². The molecule has 0 unspecified atom stereocenters. The van der Waals surface area contributed by atoms with Crippen molar-refractivity contribution >= 4 is 51.4 Å². The summed E-state index contributed by atoms with van der Waals surface area (Å²) in [5.41, 5.74) is 4.57. The van der Waals surface area contributed by atoms with Crippen LogP contribution in [0.2, 0.25) is 5.02 Å². The third-order valence-electron chi connectivity index (χ3n) is 4.78. The maximum atomic E-state index is 12.4. The number of benzene rings is 3. The molecule has 3 aromatic carbocycles. The van der Waals surface area contributed by atoms with E-state index in [-0.39, 0.29) is 17.4 Å². The van der Waals surface area contributed by atoms with Gasteiger partial charge in [0.05, 0.1) is 19.1 Å². The van der Waals surface area contributed by atoms with E-state index in [1.165, 1.54) is 24.0 Å². The van der Waals surface area contributed by atoms with Crippen LogP contribution in [0.5, 0.6) is 11.5 Å². The lowest BCUT2D eigenvalue weighted by Crippen LogP contribution is -2.20. The molecule has 4 aromatic rings. The van der Waals surface area contributed by atoms with Crippen molar-refractivity contribution < 1.29 is 14.6 Å². The van der Waals surface area contributed by atoms with Gasteiger partial charge >= 0.3 is 0 Å². The highest BCUT2D eigenvalue weighted by molar-refractivity contribution is 9.10. The number of hydrogen-bond donors (Lipinski definition) is 2. The molecule has 0 aliphatic rings. The Labute approximate surface area is 219 Å². The number of nitrogens with zero attached hydrogens (tertiary/aromatic N) is 4. The zero-order valence-electron chi connectivity index (χ0n) is 18.4. The third kappa shape index (κ3) is 6.21. The molecule has 35 heavy (non-hydrogen) atoms.